The van der Waals surface area contributed by atoms with Crippen LogP contribution in [-0.2, 0) is 0 Å². The summed E-state index contributed by atoms with van der Waals surface area (Å²) in [7, 11) is 1.98. The monoisotopic (exact) mass is 155 g/mol. The van der Waals surface area contributed by atoms with Crippen molar-refractivity contribution >= 4 is 0 Å². The van der Waals surface area contributed by atoms with E-state index in [2.05, 4.69) is 39.6 Å². The molecule has 0 saturated heterocycles. The normalized spacial score (nSPS) is 14.6. The van der Waals surface area contributed by atoms with E-state index in [1.807, 2.05) is 7.05 Å². The number of rotatable bonds is 4. The maximum absolute atomic E-state index is 4.11. The van der Waals surface area contributed by atoms with Gasteiger partial charge in [0.25, 0.3) is 0 Å². The Morgan fingerprint density at radius 1 is 1.55 bits per heavy atom. The highest BCUT2D eigenvalue weighted by molar-refractivity contribution is 5.15. The molecule has 1 N–H and O–H groups in total. The van der Waals surface area contributed by atoms with Crippen LogP contribution >= 0.6 is 0 Å². The van der Waals surface area contributed by atoms with E-state index in [9.17, 15) is 0 Å². The molecule has 0 bridgehead atoms. The Kier molecular flexibility index (Phi) is 3.81. The standard InChI is InChI=1S/C10H21N/c1-7-8(2)9(3)10(4,5)11-6/h8,11H,3,7H2,1-2,4-6H3. The molecule has 0 aromatic rings. The van der Waals surface area contributed by atoms with Crippen molar-refractivity contribution in [3.63, 3.8) is 0 Å². The molecule has 1 unspecified atom stereocenters. The fraction of sp³-hybridized carbons (Fsp3) is 0.800. The van der Waals surface area contributed by atoms with Crippen LogP contribution in [0.1, 0.15) is 34.1 Å². The van der Waals surface area contributed by atoms with Crippen LogP contribution in [-0.4, -0.2) is 12.6 Å². The lowest BCUT2D eigenvalue weighted by Gasteiger charge is -2.30. The van der Waals surface area contributed by atoms with Crippen LogP contribution in [0.4, 0.5) is 0 Å². The van der Waals surface area contributed by atoms with Gasteiger partial charge in [0.2, 0.25) is 0 Å². The summed E-state index contributed by atoms with van der Waals surface area (Å²) in [4.78, 5) is 0. The minimum Gasteiger partial charge on any atom is -0.311 e. The molecular formula is C10H21N. The van der Waals surface area contributed by atoms with Gasteiger partial charge >= 0.3 is 0 Å². The molecule has 66 valence electrons. The fourth-order valence-corrected chi connectivity index (χ4v) is 1.02. The lowest BCUT2D eigenvalue weighted by molar-refractivity contribution is 0.437. The smallest absolute Gasteiger partial charge is 0.0334 e. The maximum atomic E-state index is 4.11. The molecule has 1 heteroatoms. The second-order valence-corrected chi connectivity index (χ2v) is 3.71. The minimum absolute atomic E-state index is 0.0788. The highest BCUT2D eigenvalue weighted by Gasteiger charge is 2.21. The summed E-state index contributed by atoms with van der Waals surface area (Å²) in [5.41, 5.74) is 1.37. The van der Waals surface area contributed by atoms with Crippen molar-refractivity contribution in [3.05, 3.63) is 12.2 Å². The molecule has 0 aromatic carbocycles. The molecule has 0 fully saturated rings. The summed E-state index contributed by atoms with van der Waals surface area (Å²) in [5.74, 6) is 0.609. The van der Waals surface area contributed by atoms with Crippen LogP contribution in [0.5, 0.6) is 0 Å². The second-order valence-electron chi connectivity index (χ2n) is 3.71. The third-order valence-corrected chi connectivity index (χ3v) is 2.64. The number of hydrogen-bond acceptors (Lipinski definition) is 1. The molecule has 0 heterocycles. The third-order valence-electron chi connectivity index (χ3n) is 2.64. The molecule has 1 nitrogen and oxygen atoms in total. The molecule has 11 heavy (non-hydrogen) atoms. The summed E-state index contributed by atoms with van der Waals surface area (Å²) in [5, 5.41) is 3.26. The van der Waals surface area contributed by atoms with Gasteiger partial charge in [-0.05, 0) is 33.2 Å². The predicted octanol–water partition coefficient (Wildman–Crippen LogP) is 2.59. The van der Waals surface area contributed by atoms with E-state index >= 15 is 0 Å². The Morgan fingerprint density at radius 3 is 2.27 bits per heavy atom. The van der Waals surface area contributed by atoms with E-state index in [0.717, 1.165) is 0 Å². The molecule has 0 aromatic heterocycles. The Labute approximate surface area is 70.9 Å². The second kappa shape index (κ2) is 3.91. The van der Waals surface area contributed by atoms with Gasteiger partial charge in [-0.2, -0.15) is 0 Å². The van der Waals surface area contributed by atoms with Crippen molar-refractivity contribution in [1.82, 2.24) is 5.32 Å². The van der Waals surface area contributed by atoms with Crippen LogP contribution in [0.2, 0.25) is 0 Å². The molecule has 0 aliphatic rings. The summed E-state index contributed by atoms with van der Waals surface area (Å²) in [6.45, 7) is 12.9. The number of hydrogen-bond donors (Lipinski definition) is 1. The lowest BCUT2D eigenvalue weighted by Crippen LogP contribution is -2.39. The van der Waals surface area contributed by atoms with Crippen LogP contribution in [0.25, 0.3) is 0 Å². The van der Waals surface area contributed by atoms with Gasteiger partial charge in [0.05, 0.1) is 0 Å². The molecule has 0 aliphatic carbocycles. The first-order chi connectivity index (χ1) is 4.95. The average molecular weight is 155 g/mol. The minimum atomic E-state index is 0.0788. The van der Waals surface area contributed by atoms with Crippen LogP contribution in [0.15, 0.2) is 12.2 Å². The van der Waals surface area contributed by atoms with Crippen molar-refractivity contribution in [2.75, 3.05) is 7.05 Å². The molecular weight excluding hydrogens is 134 g/mol. The maximum Gasteiger partial charge on any atom is 0.0334 e. The average Bonchev–Trinajstić information content (AvgIpc) is 2.01. The van der Waals surface area contributed by atoms with E-state index in [1.54, 1.807) is 0 Å². The zero-order valence-electron chi connectivity index (χ0n) is 8.49. The third kappa shape index (κ3) is 2.66. The first kappa shape index (κ1) is 10.7. The zero-order valence-corrected chi connectivity index (χ0v) is 8.49. The van der Waals surface area contributed by atoms with Crippen LogP contribution in [0.3, 0.4) is 0 Å². The Hall–Kier alpha value is -0.300. The van der Waals surface area contributed by atoms with Crippen LogP contribution < -0.4 is 5.32 Å². The molecule has 0 aliphatic heterocycles. The van der Waals surface area contributed by atoms with Gasteiger partial charge in [0.15, 0.2) is 0 Å². The fourth-order valence-electron chi connectivity index (χ4n) is 1.02. The summed E-state index contributed by atoms with van der Waals surface area (Å²) in [6, 6.07) is 0. The quantitative estimate of drug-likeness (QED) is 0.615. The largest absolute Gasteiger partial charge is 0.311 e. The first-order valence-corrected chi connectivity index (χ1v) is 4.33. The zero-order chi connectivity index (χ0) is 9.07. The highest BCUT2D eigenvalue weighted by atomic mass is 14.9. The van der Waals surface area contributed by atoms with E-state index in [4.69, 9.17) is 0 Å². The van der Waals surface area contributed by atoms with Crippen molar-refractivity contribution < 1.29 is 0 Å². The van der Waals surface area contributed by atoms with Gasteiger partial charge in [-0.3, -0.25) is 0 Å². The molecule has 0 rings (SSSR count). The summed E-state index contributed by atoms with van der Waals surface area (Å²) >= 11 is 0. The van der Waals surface area contributed by atoms with Crippen molar-refractivity contribution in [2.24, 2.45) is 5.92 Å². The predicted molar refractivity (Wildman–Crippen MR) is 51.7 cm³/mol. The van der Waals surface area contributed by atoms with Gasteiger partial charge in [0, 0.05) is 5.54 Å². The molecule has 0 radical (unpaired) electrons. The van der Waals surface area contributed by atoms with Crippen molar-refractivity contribution in [1.29, 1.82) is 0 Å². The molecule has 0 saturated carbocycles. The Bertz CT molecular complexity index is 136. The van der Waals surface area contributed by atoms with Gasteiger partial charge in [-0.15, -0.1) is 0 Å². The van der Waals surface area contributed by atoms with Crippen molar-refractivity contribution in [2.45, 2.75) is 39.7 Å². The number of likely N-dealkylation sites (N-methyl/N-ethyl adjacent to an activating group) is 1. The SMILES string of the molecule is C=C(C(C)CC)C(C)(C)NC. The van der Waals surface area contributed by atoms with E-state index in [0.29, 0.717) is 5.92 Å². The van der Waals surface area contributed by atoms with E-state index in [-0.39, 0.29) is 5.54 Å². The first-order valence-electron chi connectivity index (χ1n) is 4.33. The summed E-state index contributed by atoms with van der Waals surface area (Å²) in [6.07, 6.45) is 1.17. The topological polar surface area (TPSA) is 12.0 Å². The summed E-state index contributed by atoms with van der Waals surface area (Å²) < 4.78 is 0. The molecule has 0 spiro atoms. The highest BCUT2D eigenvalue weighted by Crippen LogP contribution is 2.23. The van der Waals surface area contributed by atoms with Gasteiger partial charge < -0.3 is 5.32 Å². The molecule has 0 amide bonds. The van der Waals surface area contributed by atoms with E-state index < -0.39 is 0 Å². The number of nitrogens with one attached hydrogen (secondary N) is 1. The van der Waals surface area contributed by atoms with Gasteiger partial charge in [0.1, 0.15) is 0 Å². The van der Waals surface area contributed by atoms with Crippen molar-refractivity contribution in [3.8, 4) is 0 Å². The van der Waals surface area contributed by atoms with Gasteiger partial charge in [-0.1, -0.05) is 26.0 Å². The van der Waals surface area contributed by atoms with Crippen LogP contribution in [0, 0.1) is 5.92 Å². The lowest BCUT2D eigenvalue weighted by atomic mass is 9.85. The van der Waals surface area contributed by atoms with Gasteiger partial charge in [-0.25, -0.2) is 0 Å². The Morgan fingerprint density at radius 2 is 2.00 bits per heavy atom. The molecule has 1 atom stereocenters. The van der Waals surface area contributed by atoms with E-state index in [1.165, 1.54) is 12.0 Å². The Balaban J connectivity index is 4.23.